The molecule has 3 aromatic carbocycles. The highest BCUT2D eigenvalue weighted by atomic mass is 19.1. The standard InChI is InChI=1S/C43H49FN6O3/c1-5-39(49-40-12-7-6-9-28(40)2)42(52)48-36-19-17-35(18-20-36)47-41(51)38-24-34(44)25-45-43(38)53-37-11-8-10-33(23-37)32-15-13-31(14-16-32)21-22-50-26-29(3)46-30(4)27-50/h5-16,23-25,29-30,35-36,46H,1,17-22,26-27H2,2-4H3,(H,47,51)(H,48,52)/t29-,30+,35?,36?. The lowest BCUT2D eigenvalue weighted by Gasteiger charge is -2.36. The molecule has 2 fully saturated rings. The van der Waals surface area contributed by atoms with Crippen LogP contribution in [0.4, 0.5) is 10.1 Å². The van der Waals surface area contributed by atoms with Crippen molar-refractivity contribution in [1.29, 1.82) is 0 Å². The molecule has 2 heterocycles. The van der Waals surface area contributed by atoms with Crippen molar-refractivity contribution in [1.82, 2.24) is 25.8 Å². The number of aromatic nitrogens is 1. The summed E-state index contributed by atoms with van der Waals surface area (Å²) >= 11 is 0. The number of pyridine rings is 1. The average Bonchev–Trinajstić information content (AvgIpc) is 3.15. The molecular weight excluding hydrogens is 668 g/mol. The molecule has 276 valence electrons. The normalized spacial score (nSPS) is 20.7. The largest absolute Gasteiger partial charge is 0.438 e. The summed E-state index contributed by atoms with van der Waals surface area (Å²) in [6, 6.07) is 25.7. The topological polar surface area (TPSA) is 108 Å². The molecule has 2 amide bonds. The van der Waals surface area contributed by atoms with E-state index in [1.165, 1.54) is 11.6 Å². The van der Waals surface area contributed by atoms with E-state index in [0.717, 1.165) is 60.7 Å². The van der Waals surface area contributed by atoms with E-state index in [1.807, 2.05) is 49.4 Å². The van der Waals surface area contributed by atoms with Crippen LogP contribution in [0.2, 0.25) is 0 Å². The summed E-state index contributed by atoms with van der Waals surface area (Å²) in [6.45, 7) is 13.3. The molecule has 9 nitrogen and oxygen atoms in total. The Balaban J connectivity index is 1.03. The summed E-state index contributed by atoms with van der Waals surface area (Å²) in [5.41, 5.74) is 5.25. The van der Waals surface area contributed by atoms with Gasteiger partial charge in [0, 0.05) is 43.8 Å². The Labute approximate surface area is 311 Å². The number of benzene rings is 3. The fourth-order valence-corrected chi connectivity index (χ4v) is 7.21. The number of halogens is 1. The number of hydrogen-bond acceptors (Lipinski definition) is 7. The maximum Gasteiger partial charge on any atom is 0.270 e. The first-order chi connectivity index (χ1) is 25.6. The predicted molar refractivity (Wildman–Crippen MR) is 208 cm³/mol. The maximum atomic E-state index is 14.4. The third kappa shape index (κ3) is 10.2. The highest BCUT2D eigenvalue weighted by Crippen LogP contribution is 2.29. The van der Waals surface area contributed by atoms with E-state index in [9.17, 15) is 14.0 Å². The third-order valence-electron chi connectivity index (χ3n) is 9.93. The second-order valence-electron chi connectivity index (χ2n) is 14.3. The lowest BCUT2D eigenvalue weighted by molar-refractivity contribution is -0.115. The van der Waals surface area contributed by atoms with Gasteiger partial charge >= 0.3 is 0 Å². The number of nitrogens with one attached hydrogen (secondary N) is 3. The van der Waals surface area contributed by atoms with E-state index in [0.29, 0.717) is 43.5 Å². The van der Waals surface area contributed by atoms with Crippen molar-refractivity contribution < 1.29 is 18.7 Å². The van der Waals surface area contributed by atoms with Gasteiger partial charge in [0.15, 0.2) is 0 Å². The molecule has 3 N–H and O–H groups in total. The lowest BCUT2D eigenvalue weighted by atomic mass is 9.91. The van der Waals surface area contributed by atoms with E-state index in [1.54, 1.807) is 6.07 Å². The van der Waals surface area contributed by atoms with Gasteiger partial charge in [0.2, 0.25) is 5.88 Å². The Morgan fingerprint density at radius 3 is 2.34 bits per heavy atom. The predicted octanol–water partition coefficient (Wildman–Crippen LogP) is 7.33. The molecule has 1 aromatic heterocycles. The van der Waals surface area contributed by atoms with Crippen molar-refractivity contribution in [3.63, 3.8) is 0 Å². The highest BCUT2D eigenvalue weighted by molar-refractivity contribution is 6.43. The van der Waals surface area contributed by atoms with Crippen molar-refractivity contribution in [2.45, 2.75) is 77.0 Å². The number of para-hydroxylation sites is 1. The van der Waals surface area contributed by atoms with Gasteiger partial charge < -0.3 is 20.7 Å². The molecule has 0 unspecified atom stereocenters. The van der Waals surface area contributed by atoms with Crippen LogP contribution in [0.3, 0.4) is 0 Å². The van der Waals surface area contributed by atoms with Crippen LogP contribution in [0.1, 0.15) is 61.0 Å². The van der Waals surface area contributed by atoms with Crippen LogP contribution in [0.15, 0.2) is 103 Å². The molecule has 0 bridgehead atoms. The first-order valence-corrected chi connectivity index (χ1v) is 18.5. The zero-order chi connectivity index (χ0) is 37.3. The summed E-state index contributed by atoms with van der Waals surface area (Å²) in [5, 5.41) is 9.68. The van der Waals surface area contributed by atoms with Crippen LogP contribution in [-0.4, -0.2) is 71.2 Å². The van der Waals surface area contributed by atoms with Gasteiger partial charge in [-0.1, -0.05) is 61.2 Å². The van der Waals surface area contributed by atoms with Crippen LogP contribution < -0.4 is 20.7 Å². The minimum absolute atomic E-state index is 0.0199. The first-order valence-electron chi connectivity index (χ1n) is 18.5. The van der Waals surface area contributed by atoms with Gasteiger partial charge in [-0.25, -0.2) is 14.4 Å². The van der Waals surface area contributed by atoms with E-state index in [4.69, 9.17) is 4.74 Å². The van der Waals surface area contributed by atoms with E-state index in [2.05, 4.69) is 75.5 Å². The van der Waals surface area contributed by atoms with Crippen molar-refractivity contribution in [2.24, 2.45) is 4.99 Å². The molecule has 4 aromatic rings. The van der Waals surface area contributed by atoms with Crippen LogP contribution in [0.25, 0.3) is 11.1 Å². The average molecular weight is 717 g/mol. The van der Waals surface area contributed by atoms with Crippen molar-refractivity contribution in [2.75, 3.05) is 19.6 Å². The van der Waals surface area contributed by atoms with Gasteiger partial charge in [-0.3, -0.25) is 14.5 Å². The van der Waals surface area contributed by atoms with Crippen LogP contribution >= 0.6 is 0 Å². The molecule has 1 aliphatic heterocycles. The SMILES string of the molecule is C=CC(=Nc1ccccc1C)C(=O)NC1CCC(NC(=O)c2cc(F)cnc2Oc2cccc(-c3ccc(CCN4C[C@@H](C)N[C@@H](C)C4)cc3)c2)CC1. The van der Waals surface area contributed by atoms with Crippen LogP contribution in [-0.2, 0) is 11.2 Å². The molecule has 1 saturated carbocycles. The van der Waals surface area contributed by atoms with Crippen molar-refractivity contribution >= 4 is 23.2 Å². The fraction of sp³-hybridized carbons (Fsp3) is 0.349. The minimum Gasteiger partial charge on any atom is -0.438 e. The number of ether oxygens (including phenoxy) is 1. The number of aryl methyl sites for hydroxylation is 1. The minimum atomic E-state index is -0.630. The highest BCUT2D eigenvalue weighted by Gasteiger charge is 2.27. The first kappa shape index (κ1) is 37.6. The molecule has 1 saturated heterocycles. The smallest absolute Gasteiger partial charge is 0.270 e. The van der Waals surface area contributed by atoms with E-state index >= 15 is 0 Å². The molecule has 53 heavy (non-hydrogen) atoms. The lowest BCUT2D eigenvalue weighted by Crippen LogP contribution is -2.54. The monoisotopic (exact) mass is 716 g/mol. The fourth-order valence-electron chi connectivity index (χ4n) is 7.21. The molecule has 0 spiro atoms. The second kappa shape index (κ2) is 17.6. The van der Waals surface area contributed by atoms with Gasteiger partial charge in [0.25, 0.3) is 11.8 Å². The number of amides is 2. The molecule has 0 radical (unpaired) electrons. The van der Waals surface area contributed by atoms with Crippen molar-refractivity contribution in [3.8, 4) is 22.8 Å². The quantitative estimate of drug-likeness (QED) is 0.133. The van der Waals surface area contributed by atoms with E-state index < -0.39 is 11.7 Å². The van der Waals surface area contributed by atoms with Gasteiger partial charge in [-0.15, -0.1) is 0 Å². The Hall–Kier alpha value is -5.19. The molecule has 2 atom stereocenters. The number of piperazine rings is 1. The summed E-state index contributed by atoms with van der Waals surface area (Å²) < 4.78 is 20.5. The number of aliphatic imine (C=N–C) groups is 1. The summed E-state index contributed by atoms with van der Waals surface area (Å²) in [5.74, 6) is -0.860. The van der Waals surface area contributed by atoms with Gasteiger partial charge in [-0.05, 0) is 105 Å². The maximum absolute atomic E-state index is 14.4. The zero-order valence-corrected chi connectivity index (χ0v) is 30.8. The van der Waals surface area contributed by atoms with E-state index in [-0.39, 0.29) is 35.1 Å². The number of hydrogen-bond donors (Lipinski definition) is 3. The second-order valence-corrected chi connectivity index (χ2v) is 14.3. The summed E-state index contributed by atoms with van der Waals surface area (Å²) in [7, 11) is 0. The van der Waals surface area contributed by atoms with Crippen LogP contribution in [0.5, 0.6) is 11.6 Å². The number of carbonyl (C=O) groups is 2. The summed E-state index contributed by atoms with van der Waals surface area (Å²) in [4.78, 5) is 37.6. The zero-order valence-electron chi connectivity index (χ0n) is 30.8. The molecular formula is C43H49FN6O3. The third-order valence-corrected chi connectivity index (χ3v) is 9.93. The molecule has 10 heteroatoms. The Morgan fingerprint density at radius 2 is 1.64 bits per heavy atom. The molecule has 6 rings (SSSR count). The Morgan fingerprint density at radius 1 is 0.943 bits per heavy atom. The van der Waals surface area contributed by atoms with Gasteiger partial charge in [0.05, 0.1) is 11.9 Å². The number of nitrogens with zero attached hydrogens (tertiary/aromatic N) is 3. The van der Waals surface area contributed by atoms with Crippen LogP contribution in [0, 0.1) is 12.7 Å². The Kier molecular flexibility index (Phi) is 12.4. The van der Waals surface area contributed by atoms with Gasteiger partial charge in [-0.2, -0.15) is 0 Å². The summed E-state index contributed by atoms with van der Waals surface area (Å²) in [6.07, 6.45) is 6.11. The van der Waals surface area contributed by atoms with Gasteiger partial charge in [0.1, 0.15) is 22.8 Å². The van der Waals surface area contributed by atoms with Crippen molar-refractivity contribution in [3.05, 3.63) is 120 Å². The molecule has 1 aliphatic carbocycles. The number of rotatable bonds is 12. The Bertz CT molecular complexity index is 1930. The number of carbonyl (C=O) groups excluding carboxylic acids is 2. The molecule has 2 aliphatic rings.